The van der Waals surface area contributed by atoms with Crippen LogP contribution in [0.4, 0.5) is 0 Å². The Morgan fingerprint density at radius 1 is 1.29 bits per heavy atom. The van der Waals surface area contributed by atoms with E-state index in [1.165, 1.54) is 0 Å². The molecule has 0 radical (unpaired) electrons. The Labute approximate surface area is 123 Å². The fourth-order valence-electron chi connectivity index (χ4n) is 2.34. The fraction of sp³-hybridized carbons (Fsp3) is 0.400. The number of hydrogen-bond donors (Lipinski definition) is 1. The molecule has 1 aromatic carbocycles. The minimum absolute atomic E-state index is 0.258. The number of imidazole rings is 1. The monoisotopic (exact) mass is 289 g/mol. The second-order valence-corrected chi connectivity index (χ2v) is 4.90. The van der Waals surface area contributed by atoms with Gasteiger partial charge in [-0.2, -0.15) is 0 Å². The van der Waals surface area contributed by atoms with Gasteiger partial charge in [-0.05, 0) is 24.6 Å². The van der Waals surface area contributed by atoms with Crippen LogP contribution in [-0.2, 0) is 19.9 Å². The molecule has 1 aliphatic heterocycles. The highest BCUT2D eigenvalue weighted by atomic mass is 16.7. The average Bonchev–Trinajstić information content (AvgIpc) is 3.08. The SMILES string of the molecule is Cn1ccnc1CCOc1cc2c(cc1CCN)OCO2. The molecule has 0 unspecified atom stereocenters. The third-order valence-corrected chi connectivity index (χ3v) is 3.47. The van der Waals surface area contributed by atoms with E-state index in [0.29, 0.717) is 13.2 Å². The van der Waals surface area contributed by atoms with Crippen molar-refractivity contribution in [1.29, 1.82) is 0 Å². The summed E-state index contributed by atoms with van der Waals surface area (Å²) in [5.41, 5.74) is 6.70. The van der Waals surface area contributed by atoms with E-state index >= 15 is 0 Å². The summed E-state index contributed by atoms with van der Waals surface area (Å²) in [4.78, 5) is 4.28. The molecule has 0 amide bonds. The third-order valence-electron chi connectivity index (χ3n) is 3.47. The van der Waals surface area contributed by atoms with Crippen molar-refractivity contribution in [3.63, 3.8) is 0 Å². The Morgan fingerprint density at radius 3 is 2.81 bits per heavy atom. The van der Waals surface area contributed by atoms with Gasteiger partial charge in [0.1, 0.15) is 11.6 Å². The average molecular weight is 289 g/mol. The number of rotatable bonds is 6. The van der Waals surface area contributed by atoms with Gasteiger partial charge in [-0.15, -0.1) is 0 Å². The van der Waals surface area contributed by atoms with Crippen molar-refractivity contribution >= 4 is 0 Å². The lowest BCUT2D eigenvalue weighted by molar-refractivity contribution is 0.173. The van der Waals surface area contributed by atoms with Crippen molar-refractivity contribution < 1.29 is 14.2 Å². The van der Waals surface area contributed by atoms with E-state index in [4.69, 9.17) is 19.9 Å². The van der Waals surface area contributed by atoms with Crippen LogP contribution in [0.3, 0.4) is 0 Å². The van der Waals surface area contributed by atoms with Gasteiger partial charge in [0.25, 0.3) is 0 Å². The second kappa shape index (κ2) is 6.05. The first-order chi connectivity index (χ1) is 10.3. The topological polar surface area (TPSA) is 71.5 Å². The number of benzene rings is 1. The first-order valence-electron chi connectivity index (χ1n) is 6.99. The summed E-state index contributed by atoms with van der Waals surface area (Å²) in [5, 5.41) is 0. The summed E-state index contributed by atoms with van der Waals surface area (Å²) in [7, 11) is 1.97. The van der Waals surface area contributed by atoms with Crippen molar-refractivity contribution in [2.45, 2.75) is 12.8 Å². The molecule has 1 aromatic heterocycles. The summed E-state index contributed by atoms with van der Waals surface area (Å²) < 4.78 is 18.7. The Hall–Kier alpha value is -2.21. The molecule has 0 fully saturated rings. The maximum Gasteiger partial charge on any atom is 0.231 e. The highest BCUT2D eigenvalue weighted by Crippen LogP contribution is 2.38. The fourth-order valence-corrected chi connectivity index (χ4v) is 2.34. The molecule has 2 N–H and O–H groups in total. The van der Waals surface area contributed by atoms with Crippen LogP contribution in [0.25, 0.3) is 0 Å². The van der Waals surface area contributed by atoms with Crippen molar-refractivity contribution in [3.8, 4) is 17.2 Å². The van der Waals surface area contributed by atoms with Gasteiger partial charge in [-0.1, -0.05) is 0 Å². The highest BCUT2D eigenvalue weighted by Gasteiger charge is 2.17. The van der Waals surface area contributed by atoms with E-state index in [1.807, 2.05) is 29.9 Å². The number of aryl methyl sites for hydroxylation is 1. The minimum Gasteiger partial charge on any atom is -0.493 e. The van der Waals surface area contributed by atoms with Gasteiger partial charge in [0.05, 0.1) is 6.61 Å². The molecule has 3 rings (SSSR count). The molecule has 6 nitrogen and oxygen atoms in total. The molecule has 0 spiro atoms. The number of ether oxygens (including phenoxy) is 3. The number of nitrogens with zero attached hydrogens (tertiary/aromatic N) is 2. The molecule has 2 heterocycles. The van der Waals surface area contributed by atoms with Crippen LogP contribution in [-0.4, -0.2) is 29.5 Å². The summed E-state index contributed by atoms with van der Waals surface area (Å²) in [6.07, 6.45) is 5.21. The summed E-state index contributed by atoms with van der Waals surface area (Å²) >= 11 is 0. The van der Waals surface area contributed by atoms with Crippen LogP contribution in [0.15, 0.2) is 24.5 Å². The minimum atomic E-state index is 0.258. The molecule has 0 saturated heterocycles. The van der Waals surface area contributed by atoms with E-state index in [0.717, 1.165) is 41.5 Å². The zero-order valence-electron chi connectivity index (χ0n) is 12.0. The predicted octanol–water partition coefficient (Wildman–Crippen LogP) is 1.27. The van der Waals surface area contributed by atoms with Crippen LogP contribution in [0.1, 0.15) is 11.4 Å². The van der Waals surface area contributed by atoms with E-state index in [1.54, 1.807) is 6.20 Å². The quantitative estimate of drug-likeness (QED) is 0.867. The third kappa shape index (κ3) is 2.95. The number of nitrogens with two attached hydrogens (primary N) is 1. The Bertz CT molecular complexity index is 625. The van der Waals surface area contributed by atoms with Gasteiger partial charge >= 0.3 is 0 Å². The molecule has 112 valence electrons. The van der Waals surface area contributed by atoms with E-state index in [-0.39, 0.29) is 6.79 Å². The maximum atomic E-state index is 5.90. The van der Waals surface area contributed by atoms with Crippen LogP contribution < -0.4 is 19.9 Å². The van der Waals surface area contributed by atoms with Crippen LogP contribution in [0, 0.1) is 0 Å². The largest absolute Gasteiger partial charge is 0.493 e. The van der Waals surface area contributed by atoms with Gasteiger partial charge in [-0.3, -0.25) is 0 Å². The molecular formula is C15H19N3O3. The van der Waals surface area contributed by atoms with Crippen molar-refractivity contribution in [2.24, 2.45) is 12.8 Å². The first-order valence-corrected chi connectivity index (χ1v) is 6.99. The summed E-state index contributed by atoms with van der Waals surface area (Å²) in [6.45, 7) is 1.38. The van der Waals surface area contributed by atoms with Gasteiger partial charge in [0.15, 0.2) is 11.5 Å². The summed E-state index contributed by atoms with van der Waals surface area (Å²) in [6, 6.07) is 3.83. The molecule has 6 heteroatoms. The first kappa shape index (κ1) is 13.8. The molecular weight excluding hydrogens is 270 g/mol. The molecule has 0 saturated carbocycles. The van der Waals surface area contributed by atoms with Crippen molar-refractivity contribution in [1.82, 2.24) is 9.55 Å². The zero-order valence-corrected chi connectivity index (χ0v) is 12.0. The maximum absolute atomic E-state index is 5.90. The van der Waals surface area contributed by atoms with E-state index < -0.39 is 0 Å². The zero-order chi connectivity index (χ0) is 14.7. The van der Waals surface area contributed by atoms with Gasteiger partial charge < -0.3 is 24.5 Å². The van der Waals surface area contributed by atoms with Crippen LogP contribution in [0.5, 0.6) is 17.2 Å². The lowest BCUT2D eigenvalue weighted by atomic mass is 10.1. The Kier molecular flexibility index (Phi) is 3.96. The smallest absolute Gasteiger partial charge is 0.231 e. The standard InChI is InChI=1S/C15H19N3O3/c1-18-6-5-17-15(18)3-7-19-12-9-14-13(20-10-21-14)8-11(12)2-4-16/h5-6,8-9H,2-4,7,10,16H2,1H3. The Morgan fingerprint density at radius 2 is 2.10 bits per heavy atom. The number of aromatic nitrogens is 2. The Balaban J connectivity index is 1.70. The predicted molar refractivity (Wildman–Crippen MR) is 77.7 cm³/mol. The van der Waals surface area contributed by atoms with Crippen LogP contribution >= 0.6 is 0 Å². The lowest BCUT2D eigenvalue weighted by Gasteiger charge is -2.12. The number of hydrogen-bond acceptors (Lipinski definition) is 5. The molecule has 2 aromatic rings. The second-order valence-electron chi connectivity index (χ2n) is 4.90. The van der Waals surface area contributed by atoms with Gasteiger partial charge in [0.2, 0.25) is 6.79 Å². The van der Waals surface area contributed by atoms with Gasteiger partial charge in [-0.25, -0.2) is 4.98 Å². The normalized spacial score (nSPS) is 12.7. The van der Waals surface area contributed by atoms with Crippen molar-refractivity contribution in [3.05, 3.63) is 35.9 Å². The highest BCUT2D eigenvalue weighted by molar-refractivity contribution is 5.52. The molecule has 0 bridgehead atoms. The van der Waals surface area contributed by atoms with E-state index in [2.05, 4.69) is 4.98 Å². The molecule has 1 aliphatic rings. The number of fused-ring (bicyclic) bond motifs is 1. The molecule has 0 atom stereocenters. The van der Waals surface area contributed by atoms with Crippen LogP contribution in [0.2, 0.25) is 0 Å². The van der Waals surface area contributed by atoms with Crippen molar-refractivity contribution in [2.75, 3.05) is 19.9 Å². The summed E-state index contributed by atoms with van der Waals surface area (Å²) in [5.74, 6) is 3.28. The lowest BCUT2D eigenvalue weighted by Crippen LogP contribution is -2.09. The molecule has 21 heavy (non-hydrogen) atoms. The van der Waals surface area contributed by atoms with Gasteiger partial charge in [0, 0.05) is 31.9 Å². The van der Waals surface area contributed by atoms with E-state index in [9.17, 15) is 0 Å². The molecule has 0 aliphatic carbocycles.